The van der Waals surface area contributed by atoms with Crippen LogP contribution in [0.1, 0.15) is 84.9 Å². The van der Waals surface area contributed by atoms with Gasteiger partial charge in [0, 0.05) is 5.56 Å². The van der Waals surface area contributed by atoms with Crippen molar-refractivity contribution in [2.75, 3.05) is 19.8 Å². The van der Waals surface area contributed by atoms with E-state index in [2.05, 4.69) is 0 Å². The summed E-state index contributed by atoms with van der Waals surface area (Å²) in [5.41, 5.74) is 0.803. The summed E-state index contributed by atoms with van der Waals surface area (Å²) < 4.78 is 26.8. The molecule has 1 saturated carbocycles. The van der Waals surface area contributed by atoms with E-state index in [9.17, 15) is 14.7 Å². The summed E-state index contributed by atoms with van der Waals surface area (Å²) in [5.74, 6) is -1.88. The van der Waals surface area contributed by atoms with E-state index in [1.807, 2.05) is 20.8 Å². The lowest BCUT2D eigenvalue weighted by molar-refractivity contribution is 0.0696. The van der Waals surface area contributed by atoms with Gasteiger partial charge in [-0.25, -0.2) is 9.18 Å². The second kappa shape index (κ2) is 8.66. The monoisotopic (exact) mass is 482 g/mol. The smallest absolute Gasteiger partial charge is 0.335 e. The highest BCUT2D eigenvalue weighted by Gasteiger charge is 2.58. The van der Waals surface area contributed by atoms with Crippen LogP contribution >= 0.6 is 0 Å². The number of ether oxygens (including phenoxy) is 2. The number of nitrogens with zero attached hydrogens (tertiary/aromatic N) is 1. The van der Waals surface area contributed by atoms with Crippen LogP contribution in [0.5, 0.6) is 11.5 Å². The van der Waals surface area contributed by atoms with Gasteiger partial charge in [-0.15, -0.1) is 0 Å². The van der Waals surface area contributed by atoms with Gasteiger partial charge in [-0.1, -0.05) is 20.8 Å². The Hall–Kier alpha value is -3.42. The van der Waals surface area contributed by atoms with Crippen molar-refractivity contribution < 1.29 is 28.6 Å². The Labute approximate surface area is 204 Å². The highest BCUT2D eigenvalue weighted by Crippen LogP contribution is 2.58. The highest BCUT2D eigenvalue weighted by atomic mass is 19.1. The number of carboxylic acid groups (broad SMARTS) is 1. The molecule has 0 saturated heterocycles. The van der Waals surface area contributed by atoms with Crippen molar-refractivity contribution in [1.29, 1.82) is 5.41 Å². The SMILES string of the molecule is CCOc1cc2c(c(F)c1OCC)C(=N)N(CC(=O)c1cc(C(=O)O)cc(C(C)(C)C)c1)C21CC1. The van der Waals surface area contributed by atoms with Crippen LogP contribution in [0.3, 0.4) is 0 Å². The number of halogens is 1. The molecule has 4 rings (SSSR count). The minimum absolute atomic E-state index is 0.0224. The number of carboxylic acids is 1. The number of aromatic carboxylic acids is 1. The standard InChI is InChI=1S/C27H31FN2O5/c1-6-34-20-13-18-21(22(28)23(20)35-7-2)24(29)30(27(18)8-9-27)14-19(31)15-10-16(25(32)33)12-17(11-15)26(3,4)5/h10-13,29H,6-9,14H2,1-5H3,(H,32,33). The van der Waals surface area contributed by atoms with E-state index in [4.69, 9.17) is 14.9 Å². The van der Waals surface area contributed by atoms with Crippen LogP contribution in [0.2, 0.25) is 0 Å². The molecule has 1 fully saturated rings. The number of fused-ring (bicyclic) bond motifs is 2. The molecular weight excluding hydrogens is 451 g/mol. The summed E-state index contributed by atoms with van der Waals surface area (Å²) in [7, 11) is 0. The zero-order valence-electron chi connectivity index (χ0n) is 20.8. The van der Waals surface area contributed by atoms with Crippen LogP contribution < -0.4 is 9.47 Å². The predicted molar refractivity (Wildman–Crippen MR) is 130 cm³/mol. The molecule has 1 aliphatic carbocycles. The average molecular weight is 483 g/mol. The van der Waals surface area contributed by atoms with Crippen LogP contribution in [0.4, 0.5) is 4.39 Å². The topological polar surface area (TPSA) is 99.9 Å². The first-order valence-corrected chi connectivity index (χ1v) is 11.9. The maximum absolute atomic E-state index is 15.6. The third-order valence-electron chi connectivity index (χ3n) is 6.69. The second-order valence-electron chi connectivity index (χ2n) is 10.1. The number of nitrogens with one attached hydrogen (secondary N) is 1. The normalized spacial score (nSPS) is 15.8. The van der Waals surface area contributed by atoms with E-state index in [0.717, 1.165) is 5.56 Å². The molecule has 2 aromatic carbocycles. The lowest BCUT2D eigenvalue weighted by Gasteiger charge is -2.26. The summed E-state index contributed by atoms with van der Waals surface area (Å²) in [6.45, 7) is 9.81. The minimum Gasteiger partial charge on any atom is -0.490 e. The zero-order valence-corrected chi connectivity index (χ0v) is 20.8. The van der Waals surface area contributed by atoms with Crippen LogP contribution in [-0.4, -0.2) is 47.4 Å². The summed E-state index contributed by atoms with van der Waals surface area (Å²) in [4.78, 5) is 26.8. The number of hydrogen-bond acceptors (Lipinski definition) is 5. The van der Waals surface area contributed by atoms with Crippen molar-refractivity contribution in [3.63, 3.8) is 0 Å². The molecule has 0 atom stereocenters. The maximum Gasteiger partial charge on any atom is 0.335 e. The molecule has 0 bridgehead atoms. The van der Waals surface area contributed by atoms with Crippen molar-refractivity contribution in [3.05, 3.63) is 57.9 Å². The number of amidine groups is 1. The second-order valence-corrected chi connectivity index (χ2v) is 10.1. The van der Waals surface area contributed by atoms with E-state index in [1.54, 1.807) is 36.9 Å². The van der Waals surface area contributed by atoms with Crippen LogP contribution in [0, 0.1) is 11.2 Å². The third-order valence-corrected chi connectivity index (χ3v) is 6.69. The van der Waals surface area contributed by atoms with Gasteiger partial charge >= 0.3 is 5.97 Å². The maximum atomic E-state index is 15.6. The molecule has 0 amide bonds. The van der Waals surface area contributed by atoms with Gasteiger partial charge in [0.2, 0.25) is 0 Å². The van der Waals surface area contributed by atoms with E-state index in [-0.39, 0.29) is 52.6 Å². The molecule has 186 valence electrons. The number of ketones is 1. The Morgan fingerprint density at radius 3 is 2.26 bits per heavy atom. The predicted octanol–water partition coefficient (Wildman–Crippen LogP) is 5.13. The zero-order chi connectivity index (χ0) is 25.7. The lowest BCUT2D eigenvalue weighted by Crippen LogP contribution is -2.38. The van der Waals surface area contributed by atoms with Gasteiger partial charge < -0.3 is 19.5 Å². The summed E-state index contributed by atoms with van der Waals surface area (Å²) in [6, 6.07) is 6.40. The van der Waals surface area contributed by atoms with Crippen LogP contribution in [0.15, 0.2) is 24.3 Å². The number of rotatable bonds is 8. The lowest BCUT2D eigenvalue weighted by atomic mass is 9.84. The van der Waals surface area contributed by atoms with E-state index in [1.165, 1.54) is 6.07 Å². The van der Waals surface area contributed by atoms with Crippen molar-refractivity contribution in [2.24, 2.45) is 0 Å². The molecule has 0 aromatic heterocycles. The Kier molecular flexibility index (Phi) is 6.11. The largest absolute Gasteiger partial charge is 0.490 e. The molecule has 2 aliphatic rings. The molecule has 0 radical (unpaired) electrons. The number of hydrogen-bond donors (Lipinski definition) is 2. The molecule has 8 heteroatoms. The molecule has 7 nitrogen and oxygen atoms in total. The minimum atomic E-state index is -1.11. The van der Waals surface area contributed by atoms with E-state index < -0.39 is 17.3 Å². The summed E-state index contributed by atoms with van der Waals surface area (Å²) in [6.07, 6.45) is 1.36. The number of carbonyl (C=O) groups is 2. The molecule has 1 aliphatic heterocycles. The molecule has 0 unspecified atom stereocenters. The van der Waals surface area contributed by atoms with Crippen LogP contribution in [0.25, 0.3) is 0 Å². The molecule has 35 heavy (non-hydrogen) atoms. The van der Waals surface area contributed by atoms with Gasteiger partial charge in [0.15, 0.2) is 23.1 Å². The van der Waals surface area contributed by atoms with Crippen molar-refractivity contribution in [2.45, 2.75) is 58.4 Å². The quantitative estimate of drug-likeness (QED) is 0.506. The van der Waals surface area contributed by atoms with E-state index >= 15 is 4.39 Å². The van der Waals surface area contributed by atoms with Gasteiger partial charge in [0.05, 0.1) is 36.4 Å². The Morgan fingerprint density at radius 1 is 1.09 bits per heavy atom. The van der Waals surface area contributed by atoms with Gasteiger partial charge in [0.1, 0.15) is 5.84 Å². The first kappa shape index (κ1) is 24.7. The summed E-state index contributed by atoms with van der Waals surface area (Å²) in [5, 5.41) is 18.3. The molecular formula is C27H31FN2O5. The fourth-order valence-electron chi connectivity index (χ4n) is 4.71. The molecule has 1 spiro atoms. The number of carbonyl (C=O) groups excluding carboxylic acids is 1. The average Bonchev–Trinajstić information content (AvgIpc) is 3.56. The van der Waals surface area contributed by atoms with Gasteiger partial charge in [-0.3, -0.25) is 10.2 Å². The number of Topliss-reactive ketones (excluding diaryl/α,β-unsaturated/α-hetero) is 1. The first-order chi connectivity index (χ1) is 16.4. The first-order valence-electron chi connectivity index (χ1n) is 11.9. The Bertz CT molecular complexity index is 1230. The van der Waals surface area contributed by atoms with Crippen molar-refractivity contribution in [1.82, 2.24) is 4.90 Å². The van der Waals surface area contributed by atoms with Gasteiger partial charge in [-0.2, -0.15) is 0 Å². The highest BCUT2D eigenvalue weighted by molar-refractivity contribution is 6.08. The fourth-order valence-corrected chi connectivity index (χ4v) is 4.71. The molecule has 2 aromatic rings. The van der Waals surface area contributed by atoms with Gasteiger partial charge in [0.25, 0.3) is 0 Å². The van der Waals surface area contributed by atoms with Gasteiger partial charge in [-0.05, 0) is 67.5 Å². The van der Waals surface area contributed by atoms with E-state index in [0.29, 0.717) is 30.8 Å². The Balaban J connectivity index is 1.73. The fraction of sp³-hybridized carbons (Fsp3) is 0.444. The van der Waals surface area contributed by atoms with Crippen molar-refractivity contribution in [3.8, 4) is 11.5 Å². The van der Waals surface area contributed by atoms with Crippen LogP contribution in [-0.2, 0) is 11.0 Å². The Morgan fingerprint density at radius 2 is 1.71 bits per heavy atom. The molecule has 2 N–H and O–H groups in total. The number of benzene rings is 2. The third kappa shape index (κ3) is 4.15. The van der Waals surface area contributed by atoms with Crippen molar-refractivity contribution >= 4 is 17.6 Å². The molecule has 1 heterocycles. The summed E-state index contributed by atoms with van der Waals surface area (Å²) >= 11 is 0.